The van der Waals surface area contributed by atoms with E-state index in [1.54, 1.807) is 0 Å². The van der Waals surface area contributed by atoms with Gasteiger partial charge in [0.1, 0.15) is 11.3 Å². The monoisotopic (exact) mass is 451 g/mol. The van der Waals surface area contributed by atoms with Crippen LogP contribution in [-0.4, -0.2) is 47.0 Å². The van der Waals surface area contributed by atoms with Crippen molar-refractivity contribution in [3.63, 3.8) is 0 Å². The summed E-state index contributed by atoms with van der Waals surface area (Å²) < 4.78 is 41.8. The molecule has 6 nitrogen and oxygen atoms in total. The van der Waals surface area contributed by atoms with Gasteiger partial charge < -0.3 is 20.5 Å². The molecule has 2 heterocycles. The minimum absolute atomic E-state index is 0.0594. The van der Waals surface area contributed by atoms with Gasteiger partial charge in [-0.3, -0.25) is 4.79 Å². The molecule has 2 aromatic carbocycles. The summed E-state index contributed by atoms with van der Waals surface area (Å²) >= 11 is 5.73. The summed E-state index contributed by atoms with van der Waals surface area (Å²) in [4.78, 5) is 22.0. The number of hydrogen-bond acceptors (Lipinski definition) is 4. The van der Waals surface area contributed by atoms with Crippen LogP contribution in [0.3, 0.4) is 0 Å². The zero-order chi connectivity index (χ0) is 22.1. The third-order valence-electron chi connectivity index (χ3n) is 5.51. The van der Waals surface area contributed by atoms with Crippen LogP contribution in [0.4, 0.5) is 24.8 Å². The lowest BCUT2D eigenvalue weighted by Gasteiger charge is -2.32. The Morgan fingerprint density at radius 2 is 2.06 bits per heavy atom. The molecule has 0 saturated carbocycles. The van der Waals surface area contributed by atoms with Crippen LogP contribution in [0.15, 0.2) is 24.3 Å². The highest BCUT2D eigenvalue weighted by Crippen LogP contribution is 2.26. The van der Waals surface area contributed by atoms with E-state index in [1.807, 2.05) is 7.05 Å². The fraction of sp³-hybridized carbons (Fsp3) is 0.333. The number of carbonyl (C=O) groups excluding carboxylic acids is 1. The van der Waals surface area contributed by atoms with Crippen molar-refractivity contribution in [2.24, 2.45) is 0 Å². The number of aromatic nitrogens is 2. The number of piperidine rings is 1. The van der Waals surface area contributed by atoms with Gasteiger partial charge in [-0.2, -0.15) is 0 Å². The molecule has 1 fully saturated rings. The molecule has 1 unspecified atom stereocenters. The molecule has 1 aliphatic rings. The van der Waals surface area contributed by atoms with Gasteiger partial charge in [0.25, 0.3) is 5.91 Å². The molecule has 1 atom stereocenters. The summed E-state index contributed by atoms with van der Waals surface area (Å²) in [5, 5.41) is 5.46. The first-order valence-corrected chi connectivity index (χ1v) is 10.3. The Hall–Kier alpha value is -2.78. The minimum atomic E-state index is -1.19. The van der Waals surface area contributed by atoms with Crippen LogP contribution in [0.1, 0.15) is 29.6 Å². The second-order valence-electron chi connectivity index (χ2n) is 7.62. The van der Waals surface area contributed by atoms with Gasteiger partial charge >= 0.3 is 0 Å². The number of rotatable bonds is 5. The first-order chi connectivity index (χ1) is 14.8. The number of fused-ring (bicyclic) bond motifs is 1. The normalized spacial score (nSPS) is 17.1. The molecule has 0 aliphatic carbocycles. The Morgan fingerprint density at radius 3 is 2.81 bits per heavy atom. The van der Waals surface area contributed by atoms with Crippen molar-refractivity contribution < 1.29 is 18.0 Å². The fourth-order valence-electron chi connectivity index (χ4n) is 3.75. The molecule has 4 rings (SSSR count). The van der Waals surface area contributed by atoms with E-state index in [1.165, 1.54) is 12.1 Å². The number of likely N-dealkylation sites (tertiary alicyclic amines) is 1. The van der Waals surface area contributed by atoms with Crippen molar-refractivity contribution in [1.82, 2.24) is 14.9 Å². The van der Waals surface area contributed by atoms with Gasteiger partial charge in [-0.25, -0.2) is 18.2 Å². The second kappa shape index (κ2) is 8.76. The third kappa shape index (κ3) is 4.47. The molecule has 31 heavy (non-hydrogen) atoms. The number of anilines is 2. The quantitative estimate of drug-likeness (QED) is 0.522. The highest BCUT2D eigenvalue weighted by Gasteiger charge is 2.23. The summed E-state index contributed by atoms with van der Waals surface area (Å²) in [5.74, 6) is -3.44. The smallest absolute Gasteiger partial charge is 0.257 e. The van der Waals surface area contributed by atoms with Crippen LogP contribution >= 0.6 is 11.6 Å². The van der Waals surface area contributed by atoms with Gasteiger partial charge in [0.2, 0.25) is 5.95 Å². The van der Waals surface area contributed by atoms with Crippen molar-refractivity contribution in [2.45, 2.75) is 25.3 Å². The summed E-state index contributed by atoms with van der Waals surface area (Å²) in [6.07, 6.45) is 3.31. The van der Waals surface area contributed by atoms with Crippen LogP contribution in [0.25, 0.3) is 11.0 Å². The number of amides is 1. The fourth-order valence-corrected chi connectivity index (χ4v) is 3.93. The number of carbonyl (C=O) groups is 1. The maximum Gasteiger partial charge on any atom is 0.257 e. The number of likely N-dealkylation sites (N-methyl/N-ethyl adjacent to an activating group) is 1. The van der Waals surface area contributed by atoms with Crippen molar-refractivity contribution in [1.29, 1.82) is 0 Å². The summed E-state index contributed by atoms with van der Waals surface area (Å²) in [5.41, 5.74) is -0.136. The molecule has 10 heteroatoms. The molecule has 1 saturated heterocycles. The zero-order valence-corrected chi connectivity index (χ0v) is 17.5. The average Bonchev–Trinajstić information content (AvgIpc) is 3.17. The molecular weight excluding hydrogens is 431 g/mol. The highest BCUT2D eigenvalue weighted by atomic mass is 35.5. The molecular formula is C21H21ClF3N5O. The largest absolute Gasteiger partial charge is 0.354 e. The van der Waals surface area contributed by atoms with E-state index < -0.39 is 23.4 Å². The number of halogens is 4. The summed E-state index contributed by atoms with van der Waals surface area (Å²) in [6, 6.07) is 4.74. The van der Waals surface area contributed by atoms with Gasteiger partial charge in [0.15, 0.2) is 11.6 Å². The number of H-pyrrole nitrogens is 1. The first-order valence-electron chi connectivity index (χ1n) is 9.91. The van der Waals surface area contributed by atoms with E-state index in [4.69, 9.17) is 11.6 Å². The van der Waals surface area contributed by atoms with E-state index in [0.29, 0.717) is 12.6 Å². The number of benzene rings is 2. The Morgan fingerprint density at radius 1 is 1.26 bits per heavy atom. The van der Waals surface area contributed by atoms with Crippen molar-refractivity contribution >= 4 is 40.2 Å². The second-order valence-corrected chi connectivity index (χ2v) is 8.03. The van der Waals surface area contributed by atoms with Gasteiger partial charge in [-0.1, -0.05) is 18.0 Å². The Balaban J connectivity index is 1.60. The third-order valence-corrected chi connectivity index (χ3v) is 5.80. The van der Waals surface area contributed by atoms with E-state index in [2.05, 4.69) is 25.5 Å². The lowest BCUT2D eigenvalue weighted by Crippen LogP contribution is -2.40. The van der Waals surface area contributed by atoms with Gasteiger partial charge in [-0.15, -0.1) is 0 Å². The SMILES string of the molecule is CN1CCCCC1CNc1nc2c(F)c(F)cc(C(=O)Nc3ccc(F)c(Cl)c3)c2[nH]1. The Bertz CT molecular complexity index is 1140. The molecule has 1 aliphatic heterocycles. The predicted octanol–water partition coefficient (Wildman–Crippen LogP) is 4.78. The topological polar surface area (TPSA) is 73.1 Å². The highest BCUT2D eigenvalue weighted by molar-refractivity contribution is 6.31. The number of nitrogens with one attached hydrogen (secondary N) is 3. The minimum Gasteiger partial charge on any atom is -0.354 e. The van der Waals surface area contributed by atoms with Crippen molar-refractivity contribution in [2.75, 3.05) is 30.8 Å². The van der Waals surface area contributed by atoms with E-state index >= 15 is 0 Å². The van der Waals surface area contributed by atoms with E-state index in [-0.39, 0.29) is 33.3 Å². The van der Waals surface area contributed by atoms with E-state index in [9.17, 15) is 18.0 Å². The maximum atomic E-state index is 14.4. The van der Waals surface area contributed by atoms with Gasteiger partial charge in [0, 0.05) is 18.3 Å². The molecule has 3 N–H and O–H groups in total. The number of nitrogens with zero attached hydrogens (tertiary/aromatic N) is 2. The number of aromatic amines is 1. The maximum absolute atomic E-state index is 14.4. The van der Waals surface area contributed by atoms with Crippen LogP contribution in [0, 0.1) is 17.5 Å². The van der Waals surface area contributed by atoms with Crippen LogP contribution < -0.4 is 10.6 Å². The van der Waals surface area contributed by atoms with Gasteiger partial charge in [-0.05, 0) is 50.7 Å². The summed E-state index contributed by atoms with van der Waals surface area (Å²) in [7, 11) is 2.04. The Labute approximate surface area is 181 Å². The molecule has 1 amide bonds. The van der Waals surface area contributed by atoms with E-state index in [0.717, 1.165) is 37.9 Å². The van der Waals surface area contributed by atoms with Gasteiger partial charge in [0.05, 0.1) is 16.1 Å². The molecule has 164 valence electrons. The van der Waals surface area contributed by atoms with Crippen LogP contribution in [0.2, 0.25) is 5.02 Å². The lowest BCUT2D eigenvalue weighted by atomic mass is 10.0. The molecule has 0 radical (unpaired) electrons. The van der Waals surface area contributed by atoms with Crippen LogP contribution in [0.5, 0.6) is 0 Å². The first kappa shape index (κ1) is 21.5. The number of hydrogen-bond donors (Lipinski definition) is 3. The lowest BCUT2D eigenvalue weighted by molar-refractivity contribution is 0.102. The van der Waals surface area contributed by atoms with Crippen molar-refractivity contribution in [3.8, 4) is 0 Å². The summed E-state index contributed by atoms with van der Waals surface area (Å²) in [6.45, 7) is 1.58. The standard InChI is InChI=1S/C21H21ClF3N5O/c1-30-7-3-2-4-12(30)10-26-21-28-18-13(9-16(24)17(25)19(18)29-21)20(31)27-11-5-6-15(23)14(22)8-11/h5-6,8-9,12H,2-4,7,10H2,1H3,(H,27,31)(H2,26,28,29). The average molecular weight is 452 g/mol. The molecule has 3 aromatic rings. The molecule has 0 bridgehead atoms. The Kier molecular flexibility index (Phi) is 6.06. The molecule has 1 aromatic heterocycles. The molecule has 0 spiro atoms. The predicted molar refractivity (Wildman–Crippen MR) is 114 cm³/mol. The number of imidazole rings is 1. The van der Waals surface area contributed by atoms with Crippen LogP contribution in [-0.2, 0) is 0 Å². The zero-order valence-electron chi connectivity index (χ0n) is 16.7. The van der Waals surface area contributed by atoms with Crippen molar-refractivity contribution in [3.05, 3.63) is 52.3 Å².